The maximum Gasteiger partial charge on any atom is 0.137 e. The molecule has 0 amide bonds. The molecule has 0 aliphatic rings. The highest BCUT2D eigenvalue weighted by Gasteiger charge is 2.19. The minimum atomic E-state index is 0.127. The van der Waals surface area contributed by atoms with Gasteiger partial charge in [0.1, 0.15) is 18.9 Å². The van der Waals surface area contributed by atoms with E-state index in [0.29, 0.717) is 6.61 Å². The van der Waals surface area contributed by atoms with Gasteiger partial charge in [-0.1, -0.05) is 39.8 Å². The van der Waals surface area contributed by atoms with Crippen LogP contribution >= 0.6 is 0 Å². The molecule has 0 saturated heterocycles. The molecule has 0 aliphatic heterocycles. The predicted octanol–water partition coefficient (Wildman–Crippen LogP) is 2.17. The van der Waals surface area contributed by atoms with Gasteiger partial charge < -0.3 is 10.5 Å². The second-order valence-electron chi connectivity index (χ2n) is 5.14. The summed E-state index contributed by atoms with van der Waals surface area (Å²) in [5.41, 5.74) is 6.59. The quantitative estimate of drug-likeness (QED) is 0.833. The Bertz CT molecular complexity index is 339. The van der Waals surface area contributed by atoms with Crippen LogP contribution in [0.3, 0.4) is 0 Å². The molecule has 1 aromatic rings. The number of benzene rings is 1. The summed E-state index contributed by atoms with van der Waals surface area (Å²) < 4.78 is 5.75. The molecule has 1 rings (SSSR count). The number of aryl methyl sites for hydroxylation is 1. The molecule has 90 valence electrons. The normalized spacial score (nSPS) is 11.6. The SMILES string of the molecule is CCc1ccc(OCC[NH3+])c(C(C)(C)C)c1. The Kier molecular flexibility index (Phi) is 4.36. The van der Waals surface area contributed by atoms with Crippen molar-refractivity contribution < 1.29 is 10.5 Å². The van der Waals surface area contributed by atoms with Crippen molar-refractivity contribution in [3.63, 3.8) is 0 Å². The summed E-state index contributed by atoms with van der Waals surface area (Å²) in [7, 11) is 0. The van der Waals surface area contributed by atoms with E-state index in [1.165, 1.54) is 11.1 Å². The van der Waals surface area contributed by atoms with Crippen molar-refractivity contribution >= 4 is 0 Å². The van der Waals surface area contributed by atoms with Crippen LogP contribution in [0.1, 0.15) is 38.8 Å². The molecule has 0 heterocycles. The molecule has 2 nitrogen and oxygen atoms in total. The summed E-state index contributed by atoms with van der Waals surface area (Å²) >= 11 is 0. The molecular formula is C14H24NO+. The van der Waals surface area contributed by atoms with Crippen LogP contribution in [0.4, 0.5) is 0 Å². The van der Waals surface area contributed by atoms with Gasteiger partial charge in [0.25, 0.3) is 0 Å². The van der Waals surface area contributed by atoms with Gasteiger partial charge in [0.2, 0.25) is 0 Å². The van der Waals surface area contributed by atoms with Crippen LogP contribution in [0.15, 0.2) is 18.2 Å². The Balaban J connectivity index is 3.06. The summed E-state index contributed by atoms with van der Waals surface area (Å²) in [6.45, 7) is 10.3. The maximum atomic E-state index is 5.75. The first-order valence-corrected chi connectivity index (χ1v) is 6.04. The van der Waals surface area contributed by atoms with Gasteiger partial charge in [0, 0.05) is 0 Å². The number of hydrogen-bond acceptors (Lipinski definition) is 1. The number of ether oxygens (including phenoxy) is 1. The Hall–Kier alpha value is -1.02. The third-order valence-corrected chi connectivity index (χ3v) is 2.66. The minimum Gasteiger partial charge on any atom is -0.487 e. The van der Waals surface area contributed by atoms with Crippen molar-refractivity contribution in [2.75, 3.05) is 13.2 Å². The lowest BCUT2D eigenvalue weighted by Crippen LogP contribution is -2.52. The summed E-state index contributed by atoms with van der Waals surface area (Å²) in [5.74, 6) is 1.01. The fraction of sp³-hybridized carbons (Fsp3) is 0.571. The molecule has 16 heavy (non-hydrogen) atoms. The topological polar surface area (TPSA) is 36.9 Å². The minimum absolute atomic E-state index is 0.127. The Morgan fingerprint density at radius 2 is 1.94 bits per heavy atom. The van der Waals surface area contributed by atoms with Gasteiger partial charge >= 0.3 is 0 Å². The predicted molar refractivity (Wildman–Crippen MR) is 67.8 cm³/mol. The molecule has 0 spiro atoms. The lowest BCUT2D eigenvalue weighted by atomic mass is 9.85. The van der Waals surface area contributed by atoms with E-state index in [1.807, 2.05) is 0 Å². The summed E-state index contributed by atoms with van der Waals surface area (Å²) in [4.78, 5) is 0. The van der Waals surface area contributed by atoms with Crippen molar-refractivity contribution in [1.29, 1.82) is 0 Å². The van der Waals surface area contributed by atoms with Crippen LogP contribution in [-0.2, 0) is 11.8 Å². The average molecular weight is 222 g/mol. The van der Waals surface area contributed by atoms with E-state index in [-0.39, 0.29) is 5.41 Å². The van der Waals surface area contributed by atoms with Crippen LogP contribution in [0.25, 0.3) is 0 Å². The van der Waals surface area contributed by atoms with E-state index >= 15 is 0 Å². The molecule has 2 heteroatoms. The Morgan fingerprint density at radius 1 is 1.25 bits per heavy atom. The van der Waals surface area contributed by atoms with Crippen molar-refractivity contribution in [3.05, 3.63) is 29.3 Å². The molecule has 0 radical (unpaired) electrons. The molecule has 0 aliphatic carbocycles. The van der Waals surface area contributed by atoms with Gasteiger partial charge in [-0.15, -0.1) is 0 Å². The van der Waals surface area contributed by atoms with Gasteiger partial charge in [0.15, 0.2) is 0 Å². The van der Waals surface area contributed by atoms with Crippen molar-refractivity contribution in [2.45, 2.75) is 39.5 Å². The fourth-order valence-corrected chi connectivity index (χ4v) is 1.69. The lowest BCUT2D eigenvalue weighted by Gasteiger charge is -2.23. The monoisotopic (exact) mass is 222 g/mol. The second-order valence-corrected chi connectivity index (χ2v) is 5.14. The second kappa shape index (κ2) is 5.35. The molecule has 0 bridgehead atoms. The van der Waals surface area contributed by atoms with E-state index in [0.717, 1.165) is 18.7 Å². The molecule has 0 atom stereocenters. The molecule has 0 saturated carbocycles. The van der Waals surface area contributed by atoms with Crippen LogP contribution in [0.5, 0.6) is 5.75 Å². The molecular weight excluding hydrogens is 198 g/mol. The summed E-state index contributed by atoms with van der Waals surface area (Å²) in [5, 5.41) is 0. The zero-order chi connectivity index (χ0) is 12.2. The van der Waals surface area contributed by atoms with Gasteiger partial charge in [-0.25, -0.2) is 0 Å². The van der Waals surface area contributed by atoms with Gasteiger partial charge in [0.05, 0.1) is 0 Å². The van der Waals surface area contributed by atoms with E-state index < -0.39 is 0 Å². The summed E-state index contributed by atoms with van der Waals surface area (Å²) in [6, 6.07) is 6.50. The third-order valence-electron chi connectivity index (χ3n) is 2.66. The van der Waals surface area contributed by atoms with E-state index in [2.05, 4.69) is 51.6 Å². The molecule has 0 aromatic heterocycles. The van der Waals surface area contributed by atoms with Gasteiger partial charge in [-0.05, 0) is 29.0 Å². The third kappa shape index (κ3) is 3.24. The molecule has 1 aromatic carbocycles. The highest BCUT2D eigenvalue weighted by Crippen LogP contribution is 2.32. The number of hydrogen-bond donors (Lipinski definition) is 1. The highest BCUT2D eigenvalue weighted by molar-refractivity contribution is 5.41. The molecule has 0 fully saturated rings. The zero-order valence-corrected chi connectivity index (χ0v) is 11.0. The van der Waals surface area contributed by atoms with Crippen molar-refractivity contribution in [2.24, 2.45) is 0 Å². The van der Waals surface area contributed by atoms with E-state index in [9.17, 15) is 0 Å². The van der Waals surface area contributed by atoms with Crippen LogP contribution < -0.4 is 10.5 Å². The maximum absolute atomic E-state index is 5.75. The first kappa shape index (κ1) is 13.0. The first-order chi connectivity index (χ1) is 7.49. The van der Waals surface area contributed by atoms with Crippen LogP contribution in [0.2, 0.25) is 0 Å². The van der Waals surface area contributed by atoms with Gasteiger partial charge in [-0.2, -0.15) is 0 Å². The van der Waals surface area contributed by atoms with E-state index in [4.69, 9.17) is 4.74 Å². The smallest absolute Gasteiger partial charge is 0.137 e. The number of quaternary nitrogens is 1. The summed E-state index contributed by atoms with van der Waals surface area (Å²) in [6.07, 6.45) is 1.07. The highest BCUT2D eigenvalue weighted by atomic mass is 16.5. The first-order valence-electron chi connectivity index (χ1n) is 6.04. The lowest BCUT2D eigenvalue weighted by molar-refractivity contribution is -0.370. The van der Waals surface area contributed by atoms with Crippen molar-refractivity contribution in [3.8, 4) is 5.75 Å². The zero-order valence-electron chi connectivity index (χ0n) is 11.0. The van der Waals surface area contributed by atoms with Crippen LogP contribution in [0, 0.1) is 0 Å². The largest absolute Gasteiger partial charge is 0.487 e. The standard InChI is InChI=1S/C14H23NO/c1-5-11-6-7-13(16-9-8-15)12(10-11)14(2,3)4/h6-7,10H,5,8-9,15H2,1-4H3/p+1. The Labute approximate surface area is 98.8 Å². The molecule has 0 unspecified atom stereocenters. The van der Waals surface area contributed by atoms with Gasteiger partial charge in [-0.3, -0.25) is 0 Å². The molecule has 3 N–H and O–H groups in total. The number of rotatable bonds is 4. The fourth-order valence-electron chi connectivity index (χ4n) is 1.69. The van der Waals surface area contributed by atoms with E-state index in [1.54, 1.807) is 0 Å². The Morgan fingerprint density at radius 3 is 2.44 bits per heavy atom. The van der Waals surface area contributed by atoms with Crippen molar-refractivity contribution in [1.82, 2.24) is 0 Å². The van der Waals surface area contributed by atoms with Crippen LogP contribution in [-0.4, -0.2) is 13.2 Å². The average Bonchev–Trinajstić information content (AvgIpc) is 2.25.